The van der Waals surface area contributed by atoms with E-state index in [-0.39, 0.29) is 12.0 Å². The molecule has 1 fully saturated rings. The molecule has 2 heteroatoms. The maximum Gasteiger partial charge on any atom is 0.0843 e. The second-order valence-electron chi connectivity index (χ2n) is 6.78. The molecule has 112 valence electrons. The van der Waals surface area contributed by atoms with Gasteiger partial charge in [0.15, 0.2) is 0 Å². The Hall–Kier alpha value is -0.860. The van der Waals surface area contributed by atoms with Gasteiger partial charge in [0, 0.05) is 5.92 Å². The Kier molecular flexibility index (Phi) is 4.87. The molecule has 1 aromatic rings. The van der Waals surface area contributed by atoms with Crippen LogP contribution in [0.2, 0.25) is 0 Å². The molecule has 2 nitrogen and oxygen atoms in total. The van der Waals surface area contributed by atoms with E-state index in [2.05, 4.69) is 52.8 Å². The van der Waals surface area contributed by atoms with E-state index in [4.69, 9.17) is 4.74 Å². The molecule has 0 aliphatic carbocycles. The molecule has 0 aromatic heterocycles. The summed E-state index contributed by atoms with van der Waals surface area (Å²) >= 11 is 0. The number of hydrogen-bond acceptors (Lipinski definition) is 2. The van der Waals surface area contributed by atoms with E-state index in [9.17, 15) is 5.11 Å². The topological polar surface area (TPSA) is 29.5 Å². The molecule has 3 unspecified atom stereocenters. The van der Waals surface area contributed by atoms with Gasteiger partial charge in [-0.15, -0.1) is 0 Å². The number of rotatable bonds is 4. The minimum Gasteiger partial charge on any atom is -0.388 e. The fourth-order valence-corrected chi connectivity index (χ4v) is 3.05. The Bertz CT molecular complexity index is 451. The molecule has 3 atom stereocenters. The van der Waals surface area contributed by atoms with Gasteiger partial charge in [0.05, 0.1) is 18.8 Å². The van der Waals surface area contributed by atoms with E-state index in [1.54, 1.807) is 0 Å². The highest BCUT2D eigenvalue weighted by atomic mass is 16.5. The molecule has 2 rings (SSSR count). The molecule has 0 radical (unpaired) electrons. The average Bonchev–Trinajstić information content (AvgIpc) is 2.83. The standard InChI is InChI=1S/C18H28O2/c1-11(2)14-6-7-16(17(9-14)12(3)4)18(19)15-8-13(5)20-10-15/h6-7,9,11-13,15,18-19H,8,10H2,1-5H3. The maximum atomic E-state index is 10.7. The van der Waals surface area contributed by atoms with Gasteiger partial charge in [0.2, 0.25) is 0 Å². The van der Waals surface area contributed by atoms with E-state index < -0.39 is 6.10 Å². The summed E-state index contributed by atoms with van der Waals surface area (Å²) in [4.78, 5) is 0. The monoisotopic (exact) mass is 276 g/mol. The first-order valence-corrected chi connectivity index (χ1v) is 7.83. The van der Waals surface area contributed by atoms with Crippen LogP contribution in [0.4, 0.5) is 0 Å². The van der Waals surface area contributed by atoms with Gasteiger partial charge in [-0.2, -0.15) is 0 Å². The minimum absolute atomic E-state index is 0.229. The lowest BCUT2D eigenvalue weighted by Crippen LogP contribution is -2.15. The van der Waals surface area contributed by atoms with E-state index in [0.29, 0.717) is 18.4 Å². The summed E-state index contributed by atoms with van der Waals surface area (Å²) in [5.74, 6) is 1.18. The summed E-state index contributed by atoms with van der Waals surface area (Å²) in [6.07, 6.45) is 0.815. The van der Waals surface area contributed by atoms with Crippen LogP contribution in [0.15, 0.2) is 18.2 Å². The van der Waals surface area contributed by atoms with Gasteiger partial charge in [-0.05, 0) is 41.9 Å². The van der Waals surface area contributed by atoms with Crippen LogP contribution < -0.4 is 0 Å². The van der Waals surface area contributed by atoms with Gasteiger partial charge in [-0.1, -0.05) is 45.9 Å². The highest BCUT2D eigenvalue weighted by molar-refractivity contribution is 5.37. The van der Waals surface area contributed by atoms with Gasteiger partial charge in [0.25, 0.3) is 0 Å². The zero-order valence-electron chi connectivity index (χ0n) is 13.4. The van der Waals surface area contributed by atoms with Crippen LogP contribution in [-0.2, 0) is 4.74 Å². The number of ether oxygens (including phenoxy) is 1. The molecule has 1 N–H and O–H groups in total. The molecule has 0 saturated carbocycles. The molecule has 1 aliphatic heterocycles. The van der Waals surface area contributed by atoms with Crippen molar-refractivity contribution in [3.8, 4) is 0 Å². The highest BCUT2D eigenvalue weighted by Gasteiger charge is 2.30. The third-order valence-corrected chi connectivity index (χ3v) is 4.39. The smallest absolute Gasteiger partial charge is 0.0843 e. The molecule has 20 heavy (non-hydrogen) atoms. The van der Waals surface area contributed by atoms with Gasteiger partial charge < -0.3 is 9.84 Å². The van der Waals surface area contributed by atoms with Crippen LogP contribution >= 0.6 is 0 Å². The van der Waals surface area contributed by atoms with E-state index in [1.165, 1.54) is 11.1 Å². The van der Waals surface area contributed by atoms with Crippen molar-refractivity contribution in [1.82, 2.24) is 0 Å². The van der Waals surface area contributed by atoms with Crippen molar-refractivity contribution in [2.45, 2.75) is 65.1 Å². The van der Waals surface area contributed by atoms with Gasteiger partial charge in [-0.3, -0.25) is 0 Å². The number of benzene rings is 1. The molecular formula is C18H28O2. The Morgan fingerprint density at radius 2 is 1.80 bits per heavy atom. The third kappa shape index (κ3) is 3.24. The largest absolute Gasteiger partial charge is 0.388 e. The van der Waals surface area contributed by atoms with Crippen molar-refractivity contribution >= 4 is 0 Å². The van der Waals surface area contributed by atoms with Crippen molar-refractivity contribution in [2.24, 2.45) is 5.92 Å². The second-order valence-corrected chi connectivity index (χ2v) is 6.78. The molecule has 1 aromatic carbocycles. The lowest BCUT2D eigenvalue weighted by Gasteiger charge is -2.23. The lowest BCUT2D eigenvalue weighted by atomic mass is 9.85. The van der Waals surface area contributed by atoms with Crippen molar-refractivity contribution < 1.29 is 9.84 Å². The summed E-state index contributed by atoms with van der Waals surface area (Å²) in [6, 6.07) is 6.56. The van der Waals surface area contributed by atoms with E-state index >= 15 is 0 Å². The Balaban J connectivity index is 2.30. The second kappa shape index (κ2) is 6.28. The summed E-state index contributed by atoms with van der Waals surface area (Å²) < 4.78 is 5.61. The maximum absolute atomic E-state index is 10.7. The first kappa shape index (κ1) is 15.5. The molecule has 1 aliphatic rings. The Morgan fingerprint density at radius 3 is 2.30 bits per heavy atom. The predicted octanol–water partition coefficient (Wildman–Crippen LogP) is 4.39. The van der Waals surface area contributed by atoms with Crippen molar-refractivity contribution in [2.75, 3.05) is 6.61 Å². The zero-order valence-corrected chi connectivity index (χ0v) is 13.4. The van der Waals surface area contributed by atoms with Crippen LogP contribution in [0, 0.1) is 5.92 Å². The molecule has 0 bridgehead atoms. The van der Waals surface area contributed by atoms with Crippen LogP contribution in [0.5, 0.6) is 0 Å². The quantitative estimate of drug-likeness (QED) is 0.883. The summed E-state index contributed by atoms with van der Waals surface area (Å²) in [7, 11) is 0. The summed E-state index contributed by atoms with van der Waals surface area (Å²) in [5, 5.41) is 10.7. The average molecular weight is 276 g/mol. The SMILES string of the molecule is CC1CC(C(O)c2ccc(C(C)C)cc2C(C)C)CO1. The van der Waals surface area contributed by atoms with Crippen LogP contribution in [0.3, 0.4) is 0 Å². The zero-order chi connectivity index (χ0) is 14.9. The van der Waals surface area contributed by atoms with E-state index in [0.717, 1.165) is 12.0 Å². The lowest BCUT2D eigenvalue weighted by molar-refractivity contribution is 0.0798. The summed E-state index contributed by atoms with van der Waals surface area (Å²) in [6.45, 7) is 11.6. The first-order chi connectivity index (χ1) is 9.40. The fourth-order valence-electron chi connectivity index (χ4n) is 3.05. The van der Waals surface area contributed by atoms with Crippen molar-refractivity contribution in [3.05, 3.63) is 34.9 Å². The number of aliphatic hydroxyl groups excluding tert-OH is 1. The predicted molar refractivity (Wildman–Crippen MR) is 83.1 cm³/mol. The van der Waals surface area contributed by atoms with Crippen LogP contribution in [-0.4, -0.2) is 17.8 Å². The molecule has 1 heterocycles. The van der Waals surface area contributed by atoms with Crippen LogP contribution in [0.1, 0.15) is 75.7 Å². The molecular weight excluding hydrogens is 248 g/mol. The van der Waals surface area contributed by atoms with Gasteiger partial charge in [0.1, 0.15) is 0 Å². The van der Waals surface area contributed by atoms with Gasteiger partial charge in [-0.25, -0.2) is 0 Å². The molecule has 1 saturated heterocycles. The van der Waals surface area contributed by atoms with Gasteiger partial charge >= 0.3 is 0 Å². The molecule has 0 amide bonds. The van der Waals surface area contributed by atoms with Crippen molar-refractivity contribution in [3.63, 3.8) is 0 Å². The Labute approximate surface area is 123 Å². The minimum atomic E-state index is -0.404. The first-order valence-electron chi connectivity index (χ1n) is 7.83. The normalized spacial score (nSPS) is 24.6. The third-order valence-electron chi connectivity index (χ3n) is 4.39. The van der Waals surface area contributed by atoms with Crippen LogP contribution in [0.25, 0.3) is 0 Å². The Morgan fingerprint density at radius 1 is 1.10 bits per heavy atom. The number of hydrogen-bond donors (Lipinski definition) is 1. The fraction of sp³-hybridized carbons (Fsp3) is 0.667. The number of aliphatic hydroxyl groups is 1. The molecule has 0 spiro atoms. The van der Waals surface area contributed by atoms with Crippen molar-refractivity contribution in [1.29, 1.82) is 0 Å². The van der Waals surface area contributed by atoms with E-state index in [1.807, 2.05) is 0 Å². The summed E-state index contributed by atoms with van der Waals surface area (Å²) in [5.41, 5.74) is 3.72. The highest BCUT2D eigenvalue weighted by Crippen LogP contribution is 2.36.